The molecule has 7 atom stereocenters. The summed E-state index contributed by atoms with van der Waals surface area (Å²) in [5, 5.41) is 3.06. The molecule has 1 aliphatic rings. The number of methoxy groups -OCH3 is 1. The van der Waals surface area contributed by atoms with E-state index in [9.17, 15) is 24.0 Å². The van der Waals surface area contributed by atoms with Gasteiger partial charge < -0.3 is 19.7 Å². The van der Waals surface area contributed by atoms with Gasteiger partial charge in [0.15, 0.2) is 5.78 Å². The maximum Gasteiger partial charge on any atom is 0.308 e. The molecule has 1 aromatic carbocycles. The second-order valence-corrected chi connectivity index (χ2v) is 15.2. The van der Waals surface area contributed by atoms with Gasteiger partial charge in [0.2, 0.25) is 5.91 Å². The lowest BCUT2D eigenvalue weighted by Crippen LogP contribution is -2.48. The quantitative estimate of drug-likeness (QED) is 0.167. The molecule has 0 bridgehead atoms. The van der Waals surface area contributed by atoms with Crippen LogP contribution in [0.1, 0.15) is 114 Å². The van der Waals surface area contributed by atoms with Gasteiger partial charge >= 0.3 is 11.9 Å². The van der Waals surface area contributed by atoms with Crippen LogP contribution in [0.5, 0.6) is 0 Å². The van der Waals surface area contributed by atoms with Crippen molar-refractivity contribution < 1.29 is 33.4 Å². The molecule has 11 nitrogen and oxygen atoms in total. The molecule has 0 saturated carbocycles. The zero-order valence-electron chi connectivity index (χ0n) is 33.3. The summed E-state index contributed by atoms with van der Waals surface area (Å²) < 4.78 is 10.8. The normalized spacial score (nSPS) is 18.2. The van der Waals surface area contributed by atoms with Crippen molar-refractivity contribution in [2.75, 3.05) is 27.7 Å². The van der Waals surface area contributed by atoms with Crippen LogP contribution in [0.25, 0.3) is 0 Å². The highest BCUT2D eigenvalue weighted by Crippen LogP contribution is 2.31. The van der Waals surface area contributed by atoms with Crippen LogP contribution in [-0.2, 0) is 35.1 Å². The number of piperidine rings is 1. The summed E-state index contributed by atoms with van der Waals surface area (Å²) in [6.45, 7) is 12.1. The number of aromatic nitrogens is 1. The number of nitrogens with zero attached hydrogens (tertiary/aromatic N) is 3. The Balaban J connectivity index is 1.85. The molecule has 1 aromatic heterocycles. The zero-order chi connectivity index (χ0) is 39.2. The second-order valence-electron chi connectivity index (χ2n) is 15.2. The Morgan fingerprint density at radius 2 is 1.68 bits per heavy atom. The Morgan fingerprint density at radius 3 is 2.28 bits per heavy atom. The fourth-order valence-electron chi connectivity index (χ4n) is 7.44. The highest BCUT2D eigenvalue weighted by molar-refractivity contribution is 5.92. The highest BCUT2D eigenvalue weighted by atomic mass is 16.5. The van der Waals surface area contributed by atoms with Crippen LogP contribution in [0.4, 0.5) is 0 Å². The van der Waals surface area contributed by atoms with E-state index in [1.165, 1.54) is 14.0 Å². The predicted octanol–water partition coefficient (Wildman–Crippen LogP) is 6.21. The second kappa shape index (κ2) is 20.9. The van der Waals surface area contributed by atoms with Crippen LogP contribution in [0.15, 0.2) is 48.5 Å². The minimum absolute atomic E-state index is 0.00180. The number of likely N-dealkylation sites (tertiary alicyclic amines) is 1. The van der Waals surface area contributed by atoms with Gasteiger partial charge in [0.1, 0.15) is 11.8 Å². The molecule has 0 spiro atoms. The number of rotatable bonds is 19. The van der Waals surface area contributed by atoms with Crippen molar-refractivity contribution in [3.63, 3.8) is 0 Å². The first-order valence-electron chi connectivity index (χ1n) is 19.2. The van der Waals surface area contributed by atoms with Gasteiger partial charge in [-0.25, -0.2) is 4.98 Å². The Bertz CT molecular complexity index is 1520. The van der Waals surface area contributed by atoms with E-state index >= 15 is 0 Å². The molecule has 0 radical (unpaired) electrons. The molecule has 2 aromatic rings. The molecule has 3 rings (SSSR count). The Morgan fingerprint density at radius 1 is 0.981 bits per heavy atom. The van der Waals surface area contributed by atoms with Gasteiger partial charge in [0, 0.05) is 44.8 Å². The molecular weight excluding hydrogens is 672 g/mol. The third-order valence-electron chi connectivity index (χ3n) is 10.8. The maximum absolute atomic E-state index is 14.3. The number of ketones is 1. The molecule has 1 aliphatic heterocycles. The highest BCUT2D eigenvalue weighted by Gasteiger charge is 2.37. The van der Waals surface area contributed by atoms with Crippen molar-refractivity contribution in [1.82, 2.24) is 20.1 Å². The average Bonchev–Trinajstić information content (AvgIpc) is 3.14. The molecule has 1 fully saturated rings. The molecule has 1 N–H and O–H groups in total. The van der Waals surface area contributed by atoms with Crippen LogP contribution in [0.2, 0.25) is 0 Å². The van der Waals surface area contributed by atoms with Gasteiger partial charge in [-0.05, 0) is 68.8 Å². The number of pyridine rings is 1. The molecular formula is C42H62N4O7. The minimum atomic E-state index is -0.845. The van der Waals surface area contributed by atoms with Crippen LogP contribution in [0, 0.1) is 23.7 Å². The minimum Gasteiger partial charge on any atom is -0.469 e. The molecule has 0 unspecified atom stereocenters. The lowest BCUT2D eigenvalue weighted by Gasteiger charge is -2.38. The van der Waals surface area contributed by atoms with E-state index in [0.717, 1.165) is 37.8 Å². The molecule has 2 amide bonds. The van der Waals surface area contributed by atoms with Crippen molar-refractivity contribution in [2.24, 2.45) is 23.7 Å². The van der Waals surface area contributed by atoms with Crippen LogP contribution in [-0.4, -0.2) is 90.2 Å². The van der Waals surface area contributed by atoms with Crippen LogP contribution in [0.3, 0.4) is 0 Å². The topological polar surface area (TPSA) is 135 Å². The lowest BCUT2D eigenvalue weighted by atomic mass is 9.82. The van der Waals surface area contributed by atoms with Crippen molar-refractivity contribution >= 4 is 29.5 Å². The first-order chi connectivity index (χ1) is 25.2. The number of esters is 2. The average molecular weight is 735 g/mol. The number of hydrogen-bond acceptors (Lipinski definition) is 9. The number of nitrogens with one attached hydrogen (secondary N) is 1. The van der Waals surface area contributed by atoms with E-state index in [0.29, 0.717) is 18.5 Å². The fraction of sp³-hybridized carbons (Fsp3) is 0.619. The van der Waals surface area contributed by atoms with E-state index in [1.807, 2.05) is 65.1 Å². The molecule has 292 valence electrons. The first-order valence-corrected chi connectivity index (χ1v) is 19.2. The van der Waals surface area contributed by atoms with Crippen LogP contribution >= 0.6 is 0 Å². The van der Waals surface area contributed by atoms with Gasteiger partial charge in [0.25, 0.3) is 5.91 Å². The maximum atomic E-state index is 14.3. The third-order valence-corrected chi connectivity index (χ3v) is 10.8. The number of hydrogen-bond donors (Lipinski definition) is 1. The first kappa shape index (κ1) is 43.3. The summed E-state index contributed by atoms with van der Waals surface area (Å²) in [6, 6.07) is 13.8. The fourth-order valence-corrected chi connectivity index (χ4v) is 7.44. The van der Waals surface area contributed by atoms with Crippen LogP contribution < -0.4 is 5.32 Å². The summed E-state index contributed by atoms with van der Waals surface area (Å²) in [7, 11) is 5.10. The summed E-state index contributed by atoms with van der Waals surface area (Å²) in [5.74, 6) is -2.23. The van der Waals surface area contributed by atoms with Crippen molar-refractivity contribution in [3.8, 4) is 0 Å². The largest absolute Gasteiger partial charge is 0.469 e. The van der Waals surface area contributed by atoms with E-state index in [1.54, 1.807) is 37.1 Å². The number of carbonyl (C=O) groups is 5. The zero-order valence-corrected chi connectivity index (χ0v) is 33.3. The molecule has 1 saturated heterocycles. The summed E-state index contributed by atoms with van der Waals surface area (Å²) in [4.78, 5) is 74.8. The molecule has 11 heteroatoms. The number of benzene rings is 1. The van der Waals surface area contributed by atoms with Crippen molar-refractivity contribution in [1.29, 1.82) is 0 Å². The van der Waals surface area contributed by atoms with Gasteiger partial charge in [-0.15, -0.1) is 0 Å². The third kappa shape index (κ3) is 12.8. The molecule has 2 heterocycles. The number of carbonyl (C=O) groups excluding carboxylic acids is 5. The summed E-state index contributed by atoms with van der Waals surface area (Å²) >= 11 is 0. The van der Waals surface area contributed by atoms with Crippen molar-refractivity contribution in [2.45, 2.75) is 117 Å². The Kier molecular flexibility index (Phi) is 17.1. The standard InChI is InChI=1S/C42H62N4O7/c1-10-28(4)33(25-38(48)36-21-14-15-22-45(36)7)41(50)46(8)37(27(2)3)26-39(53-30(6)47)34-19-16-20-35(44-34)40(49)43-32(23-29(5)42(51)52-9)24-31-17-12-11-13-18-31/h11-13,16-20,27-29,32-33,36-37,39H,10,14-15,21-26H2,1-9H3,(H,43,49)/t28-,29-,32+,33-,36+,37+,39+/m0/s1. The van der Waals surface area contributed by atoms with E-state index in [4.69, 9.17) is 9.47 Å². The molecule has 53 heavy (non-hydrogen) atoms. The van der Waals surface area contributed by atoms with Gasteiger partial charge in [0.05, 0.1) is 24.8 Å². The van der Waals surface area contributed by atoms with E-state index in [-0.39, 0.29) is 66.2 Å². The summed E-state index contributed by atoms with van der Waals surface area (Å²) in [5.41, 5.74) is 1.53. The lowest BCUT2D eigenvalue weighted by molar-refractivity contribution is -0.150. The van der Waals surface area contributed by atoms with Gasteiger partial charge in [-0.1, -0.05) is 83.9 Å². The number of amides is 2. The van der Waals surface area contributed by atoms with Crippen molar-refractivity contribution in [3.05, 3.63) is 65.5 Å². The monoisotopic (exact) mass is 734 g/mol. The smallest absolute Gasteiger partial charge is 0.308 e. The van der Waals surface area contributed by atoms with Gasteiger partial charge in [-0.3, -0.25) is 28.9 Å². The molecule has 0 aliphatic carbocycles. The Hall–Kier alpha value is -4.12. The van der Waals surface area contributed by atoms with E-state index < -0.39 is 29.8 Å². The predicted molar refractivity (Wildman–Crippen MR) is 205 cm³/mol. The Labute approximate surface area is 316 Å². The number of likely N-dealkylation sites (N-methyl/N-ethyl adjacent to an activating group) is 1. The number of ether oxygens (including phenoxy) is 2. The SMILES string of the molecule is CC[C@H](C)[C@H](CC(=O)[C@H]1CCCCN1C)C(=O)N(C)[C@H](C[C@@H](OC(C)=O)c1cccc(C(=O)N[C@@H](Cc2ccccc2)C[C@H](C)C(=O)OC)n1)C(C)C. The summed E-state index contributed by atoms with van der Waals surface area (Å²) in [6.07, 6.45) is 4.11. The number of Topliss-reactive ketones (excluding diaryl/α,β-unsaturated/α-hetero) is 1. The van der Waals surface area contributed by atoms with E-state index in [2.05, 4.69) is 15.2 Å². The van der Waals surface area contributed by atoms with Gasteiger partial charge in [-0.2, -0.15) is 0 Å².